The zero-order valence-corrected chi connectivity index (χ0v) is 12.4. The first-order valence-corrected chi connectivity index (χ1v) is 7.35. The third kappa shape index (κ3) is 4.86. The lowest BCUT2D eigenvalue weighted by Crippen LogP contribution is -2.30. The molecule has 0 aliphatic rings. The van der Waals surface area contributed by atoms with Gasteiger partial charge in [0, 0.05) is 16.9 Å². The number of carbonyl (C=O) groups excluding carboxylic acids is 1. The minimum atomic E-state index is -0.978. The second-order valence-electron chi connectivity index (χ2n) is 4.37. The second kappa shape index (κ2) is 7.91. The van der Waals surface area contributed by atoms with Gasteiger partial charge in [0.15, 0.2) is 5.78 Å². The average Bonchev–Trinajstić information content (AvgIpc) is 2.42. The highest BCUT2D eigenvalue weighted by Gasteiger charge is 2.11. The largest absolute Gasteiger partial charge is 0.496 e. The van der Waals surface area contributed by atoms with E-state index in [1.54, 1.807) is 31.0 Å². The van der Waals surface area contributed by atoms with Crippen LogP contribution in [0.1, 0.15) is 29.3 Å². The number of aliphatic carboxylic acids is 1. The fourth-order valence-corrected chi connectivity index (χ4v) is 2.62. The number of hydrogen-bond acceptors (Lipinski definition) is 5. The SMILES string of the molecule is COc1cc(C(C)=O)ccc1CSCC[C@H](N)C(=O)O. The highest BCUT2D eigenvalue weighted by atomic mass is 32.2. The van der Waals surface area contributed by atoms with Crippen molar-refractivity contribution in [3.8, 4) is 5.75 Å². The van der Waals surface area contributed by atoms with E-state index in [9.17, 15) is 9.59 Å². The Morgan fingerprint density at radius 2 is 2.15 bits per heavy atom. The van der Waals surface area contributed by atoms with Gasteiger partial charge in [-0.25, -0.2) is 0 Å². The van der Waals surface area contributed by atoms with Crippen LogP contribution in [0.4, 0.5) is 0 Å². The van der Waals surface area contributed by atoms with Crippen LogP contribution in [0.15, 0.2) is 18.2 Å². The van der Waals surface area contributed by atoms with Crippen LogP contribution >= 0.6 is 11.8 Å². The normalized spacial score (nSPS) is 11.9. The van der Waals surface area contributed by atoms with Gasteiger partial charge >= 0.3 is 5.97 Å². The Morgan fingerprint density at radius 3 is 2.70 bits per heavy atom. The molecule has 1 aromatic rings. The fourth-order valence-electron chi connectivity index (χ4n) is 1.60. The second-order valence-corrected chi connectivity index (χ2v) is 5.47. The Hall–Kier alpha value is -1.53. The molecule has 3 N–H and O–H groups in total. The fraction of sp³-hybridized carbons (Fsp3) is 0.429. The van der Waals surface area contributed by atoms with E-state index < -0.39 is 12.0 Å². The third-order valence-electron chi connectivity index (χ3n) is 2.84. The number of Topliss-reactive ketones (excluding diaryl/α,β-unsaturated/α-hetero) is 1. The lowest BCUT2D eigenvalue weighted by Gasteiger charge is -2.10. The standard InChI is InChI=1S/C14H19NO4S/c1-9(16)10-3-4-11(13(7-10)19-2)8-20-6-5-12(15)14(17)18/h3-4,7,12H,5-6,8,15H2,1-2H3,(H,17,18)/t12-/m0/s1. The van der Waals surface area contributed by atoms with E-state index in [0.717, 1.165) is 5.56 Å². The van der Waals surface area contributed by atoms with Crippen LogP contribution in [-0.4, -0.2) is 35.8 Å². The van der Waals surface area contributed by atoms with Gasteiger partial charge in [-0.05, 0) is 25.2 Å². The number of ether oxygens (including phenoxy) is 1. The molecular weight excluding hydrogens is 278 g/mol. The highest BCUT2D eigenvalue weighted by Crippen LogP contribution is 2.25. The first-order valence-electron chi connectivity index (χ1n) is 6.19. The lowest BCUT2D eigenvalue weighted by molar-refractivity contribution is -0.138. The van der Waals surface area contributed by atoms with Crippen molar-refractivity contribution in [2.75, 3.05) is 12.9 Å². The zero-order valence-electron chi connectivity index (χ0n) is 11.6. The molecule has 1 aromatic carbocycles. The molecule has 0 aromatic heterocycles. The molecule has 0 fully saturated rings. The van der Waals surface area contributed by atoms with Gasteiger partial charge in [-0.15, -0.1) is 0 Å². The van der Waals surface area contributed by atoms with E-state index in [1.807, 2.05) is 6.07 Å². The highest BCUT2D eigenvalue weighted by molar-refractivity contribution is 7.98. The van der Waals surface area contributed by atoms with E-state index in [1.165, 1.54) is 6.92 Å². The predicted molar refractivity (Wildman–Crippen MR) is 79.4 cm³/mol. The number of carboxylic acid groups (broad SMARTS) is 1. The van der Waals surface area contributed by atoms with Crippen molar-refractivity contribution in [2.24, 2.45) is 5.73 Å². The minimum absolute atomic E-state index is 0.00469. The molecule has 5 nitrogen and oxygen atoms in total. The van der Waals surface area contributed by atoms with Gasteiger partial charge in [0.25, 0.3) is 0 Å². The molecule has 1 atom stereocenters. The summed E-state index contributed by atoms with van der Waals surface area (Å²) in [6, 6.07) is 4.54. The van der Waals surface area contributed by atoms with Crippen LogP contribution in [-0.2, 0) is 10.5 Å². The lowest BCUT2D eigenvalue weighted by atomic mass is 10.1. The Morgan fingerprint density at radius 1 is 1.45 bits per heavy atom. The summed E-state index contributed by atoms with van der Waals surface area (Å²) in [6.45, 7) is 1.51. The Bertz CT molecular complexity index is 490. The van der Waals surface area contributed by atoms with Crippen molar-refractivity contribution in [1.29, 1.82) is 0 Å². The summed E-state index contributed by atoms with van der Waals surface area (Å²) in [5.41, 5.74) is 7.02. The number of thioether (sulfide) groups is 1. The molecule has 110 valence electrons. The minimum Gasteiger partial charge on any atom is -0.496 e. The van der Waals surface area contributed by atoms with E-state index in [-0.39, 0.29) is 5.78 Å². The summed E-state index contributed by atoms with van der Waals surface area (Å²) < 4.78 is 5.27. The Kier molecular flexibility index (Phi) is 6.54. The molecule has 0 bridgehead atoms. The number of nitrogens with two attached hydrogens (primary N) is 1. The first kappa shape index (κ1) is 16.5. The van der Waals surface area contributed by atoms with Crippen LogP contribution in [0.25, 0.3) is 0 Å². The molecule has 0 amide bonds. The van der Waals surface area contributed by atoms with Crippen molar-refractivity contribution in [3.63, 3.8) is 0 Å². The maximum atomic E-state index is 11.3. The van der Waals surface area contributed by atoms with Crippen LogP contribution < -0.4 is 10.5 Å². The van der Waals surface area contributed by atoms with E-state index >= 15 is 0 Å². The molecule has 0 aliphatic heterocycles. The van der Waals surface area contributed by atoms with E-state index in [4.69, 9.17) is 15.6 Å². The van der Waals surface area contributed by atoms with E-state index in [0.29, 0.717) is 29.2 Å². The van der Waals surface area contributed by atoms with Gasteiger partial charge in [-0.2, -0.15) is 11.8 Å². The number of rotatable bonds is 8. The van der Waals surface area contributed by atoms with Crippen LogP contribution in [0.3, 0.4) is 0 Å². The molecule has 0 heterocycles. The molecule has 0 saturated heterocycles. The van der Waals surface area contributed by atoms with Crippen LogP contribution in [0.5, 0.6) is 5.75 Å². The van der Waals surface area contributed by atoms with Gasteiger partial charge < -0.3 is 15.6 Å². The number of carbonyl (C=O) groups is 2. The Balaban J connectivity index is 2.55. The summed E-state index contributed by atoms with van der Waals surface area (Å²) in [6.07, 6.45) is 0.424. The summed E-state index contributed by atoms with van der Waals surface area (Å²) in [4.78, 5) is 21.9. The molecule has 6 heteroatoms. The van der Waals surface area contributed by atoms with Gasteiger partial charge in [0.1, 0.15) is 11.8 Å². The summed E-state index contributed by atoms with van der Waals surface area (Å²) in [5.74, 6) is 1.04. The van der Waals surface area contributed by atoms with E-state index in [2.05, 4.69) is 0 Å². The summed E-state index contributed by atoms with van der Waals surface area (Å²) >= 11 is 1.59. The molecule has 0 saturated carbocycles. The predicted octanol–water partition coefficient (Wildman–Crippen LogP) is 1.93. The molecule has 0 unspecified atom stereocenters. The number of hydrogen-bond donors (Lipinski definition) is 2. The van der Waals surface area contributed by atoms with Gasteiger partial charge in [-0.1, -0.05) is 12.1 Å². The molecule has 20 heavy (non-hydrogen) atoms. The summed E-state index contributed by atoms with van der Waals surface area (Å²) in [7, 11) is 1.56. The Labute approximate surface area is 122 Å². The average molecular weight is 297 g/mol. The van der Waals surface area contributed by atoms with Crippen molar-refractivity contribution in [3.05, 3.63) is 29.3 Å². The molecular formula is C14H19NO4S. The summed E-state index contributed by atoms with van der Waals surface area (Å²) in [5, 5.41) is 8.68. The maximum Gasteiger partial charge on any atom is 0.320 e. The van der Waals surface area contributed by atoms with Crippen molar-refractivity contribution in [2.45, 2.75) is 25.1 Å². The number of methoxy groups -OCH3 is 1. The number of ketones is 1. The topological polar surface area (TPSA) is 89.6 Å². The van der Waals surface area contributed by atoms with Gasteiger partial charge in [-0.3, -0.25) is 9.59 Å². The van der Waals surface area contributed by atoms with Crippen molar-refractivity contribution < 1.29 is 19.4 Å². The van der Waals surface area contributed by atoms with Crippen molar-refractivity contribution in [1.82, 2.24) is 0 Å². The zero-order chi connectivity index (χ0) is 15.1. The molecule has 0 radical (unpaired) electrons. The van der Waals surface area contributed by atoms with Gasteiger partial charge in [0.2, 0.25) is 0 Å². The van der Waals surface area contributed by atoms with Crippen LogP contribution in [0.2, 0.25) is 0 Å². The maximum absolute atomic E-state index is 11.3. The molecule has 0 spiro atoms. The first-order chi connectivity index (χ1) is 9.45. The monoisotopic (exact) mass is 297 g/mol. The number of carboxylic acids is 1. The number of benzene rings is 1. The molecule has 0 aliphatic carbocycles. The van der Waals surface area contributed by atoms with Crippen molar-refractivity contribution >= 4 is 23.5 Å². The third-order valence-corrected chi connectivity index (χ3v) is 3.88. The quantitative estimate of drug-likeness (QED) is 0.563. The molecule has 1 rings (SSSR count). The van der Waals surface area contributed by atoms with Crippen LogP contribution in [0, 0.1) is 0 Å². The van der Waals surface area contributed by atoms with Gasteiger partial charge in [0.05, 0.1) is 7.11 Å². The smallest absolute Gasteiger partial charge is 0.320 e.